The molecule has 9 heteroatoms. The van der Waals surface area contributed by atoms with Crippen molar-refractivity contribution in [1.29, 1.82) is 0 Å². The summed E-state index contributed by atoms with van der Waals surface area (Å²) >= 11 is 0. The molecule has 2 aliphatic heterocycles. The molecular weight excluding hydrogens is 340 g/mol. The molecule has 0 aromatic carbocycles. The molecule has 1 aromatic rings. The SMILES string of the molecule is CC1CN(c2ccc(C(N)=C3C(=O)OC(C)(C)OC3=O)nn2)CC(C)O1. The van der Waals surface area contributed by atoms with Crippen molar-refractivity contribution in [3.63, 3.8) is 0 Å². The maximum atomic E-state index is 12.1. The zero-order chi connectivity index (χ0) is 19.1. The number of nitrogens with zero attached hydrogens (tertiary/aromatic N) is 3. The highest BCUT2D eigenvalue weighted by Gasteiger charge is 2.41. The predicted octanol–water partition coefficient (Wildman–Crippen LogP) is 0.596. The van der Waals surface area contributed by atoms with Gasteiger partial charge in [-0.15, -0.1) is 10.2 Å². The fourth-order valence-electron chi connectivity index (χ4n) is 3.00. The molecule has 140 valence electrons. The Bertz CT molecular complexity index is 727. The molecule has 1 aromatic heterocycles. The second kappa shape index (κ2) is 6.56. The van der Waals surface area contributed by atoms with Crippen molar-refractivity contribution >= 4 is 23.5 Å². The monoisotopic (exact) mass is 362 g/mol. The highest BCUT2D eigenvalue weighted by Crippen LogP contribution is 2.26. The molecule has 3 heterocycles. The number of carbonyl (C=O) groups excluding carboxylic acids is 2. The Morgan fingerprint density at radius 3 is 2.19 bits per heavy atom. The number of esters is 2. The molecule has 0 saturated carbocycles. The summed E-state index contributed by atoms with van der Waals surface area (Å²) in [6.45, 7) is 8.32. The normalized spacial score (nSPS) is 25.5. The van der Waals surface area contributed by atoms with Gasteiger partial charge in [0.25, 0.3) is 5.79 Å². The van der Waals surface area contributed by atoms with Crippen molar-refractivity contribution in [3.05, 3.63) is 23.4 Å². The van der Waals surface area contributed by atoms with E-state index in [2.05, 4.69) is 15.1 Å². The topological polar surface area (TPSA) is 117 Å². The van der Waals surface area contributed by atoms with E-state index in [-0.39, 0.29) is 29.2 Å². The first kappa shape index (κ1) is 18.1. The quantitative estimate of drug-likeness (QED) is 0.458. The van der Waals surface area contributed by atoms with Crippen molar-refractivity contribution in [1.82, 2.24) is 10.2 Å². The van der Waals surface area contributed by atoms with E-state index in [1.54, 1.807) is 12.1 Å². The summed E-state index contributed by atoms with van der Waals surface area (Å²) in [5, 5.41) is 8.22. The third kappa shape index (κ3) is 3.62. The maximum absolute atomic E-state index is 12.1. The number of hydrogen-bond acceptors (Lipinski definition) is 9. The van der Waals surface area contributed by atoms with E-state index in [0.29, 0.717) is 18.9 Å². The lowest BCUT2D eigenvalue weighted by molar-refractivity contribution is -0.222. The Kier molecular flexibility index (Phi) is 4.57. The van der Waals surface area contributed by atoms with Crippen LogP contribution >= 0.6 is 0 Å². The lowest BCUT2D eigenvalue weighted by Crippen LogP contribution is -2.46. The average molecular weight is 362 g/mol. The summed E-state index contributed by atoms with van der Waals surface area (Å²) in [4.78, 5) is 26.2. The van der Waals surface area contributed by atoms with Gasteiger partial charge in [0.15, 0.2) is 11.4 Å². The molecule has 0 spiro atoms. The molecule has 3 rings (SSSR count). The Labute approximate surface area is 151 Å². The number of hydrogen-bond donors (Lipinski definition) is 1. The zero-order valence-corrected chi connectivity index (χ0v) is 15.2. The summed E-state index contributed by atoms with van der Waals surface area (Å²) in [7, 11) is 0. The highest BCUT2D eigenvalue weighted by atomic mass is 16.7. The number of carbonyl (C=O) groups is 2. The number of cyclic esters (lactones) is 2. The molecule has 2 aliphatic rings. The molecule has 26 heavy (non-hydrogen) atoms. The van der Waals surface area contributed by atoms with Crippen LogP contribution in [-0.4, -0.2) is 53.2 Å². The van der Waals surface area contributed by atoms with Gasteiger partial charge in [0.2, 0.25) is 0 Å². The minimum absolute atomic E-state index is 0.0857. The van der Waals surface area contributed by atoms with E-state index >= 15 is 0 Å². The molecule has 9 nitrogen and oxygen atoms in total. The summed E-state index contributed by atoms with van der Waals surface area (Å²) in [5.74, 6) is -2.34. The lowest BCUT2D eigenvalue weighted by atomic mass is 10.1. The van der Waals surface area contributed by atoms with E-state index in [9.17, 15) is 9.59 Å². The van der Waals surface area contributed by atoms with Crippen molar-refractivity contribution < 1.29 is 23.8 Å². The van der Waals surface area contributed by atoms with Crippen LogP contribution in [0.25, 0.3) is 5.70 Å². The van der Waals surface area contributed by atoms with Gasteiger partial charge < -0.3 is 24.8 Å². The number of anilines is 1. The van der Waals surface area contributed by atoms with E-state index in [1.165, 1.54) is 13.8 Å². The van der Waals surface area contributed by atoms with Gasteiger partial charge in [-0.2, -0.15) is 0 Å². The second-order valence-electron chi connectivity index (χ2n) is 6.91. The number of rotatable bonds is 2. The van der Waals surface area contributed by atoms with E-state index < -0.39 is 17.7 Å². The number of aromatic nitrogens is 2. The van der Waals surface area contributed by atoms with Gasteiger partial charge in [-0.05, 0) is 26.0 Å². The van der Waals surface area contributed by atoms with Crippen LogP contribution in [0.4, 0.5) is 5.82 Å². The molecule has 0 amide bonds. The van der Waals surface area contributed by atoms with Crippen molar-refractivity contribution in [2.45, 2.75) is 45.7 Å². The lowest BCUT2D eigenvalue weighted by Gasteiger charge is -2.35. The zero-order valence-electron chi connectivity index (χ0n) is 15.2. The molecule has 0 bridgehead atoms. The van der Waals surface area contributed by atoms with Crippen LogP contribution in [0, 0.1) is 0 Å². The first-order valence-electron chi connectivity index (χ1n) is 8.37. The summed E-state index contributed by atoms with van der Waals surface area (Å²) in [6, 6.07) is 3.35. The first-order chi connectivity index (χ1) is 12.2. The van der Waals surface area contributed by atoms with Crippen LogP contribution in [0.5, 0.6) is 0 Å². The summed E-state index contributed by atoms with van der Waals surface area (Å²) in [6.07, 6.45) is 0.171. The van der Waals surface area contributed by atoms with Crippen LogP contribution in [-0.2, 0) is 23.8 Å². The van der Waals surface area contributed by atoms with E-state index in [0.717, 1.165) is 0 Å². The average Bonchev–Trinajstić information content (AvgIpc) is 2.52. The Morgan fingerprint density at radius 1 is 1.12 bits per heavy atom. The van der Waals surface area contributed by atoms with Gasteiger partial charge >= 0.3 is 11.9 Å². The Morgan fingerprint density at radius 2 is 1.69 bits per heavy atom. The molecule has 2 unspecified atom stereocenters. The third-order valence-corrected chi connectivity index (χ3v) is 4.02. The standard InChI is InChI=1S/C17H22N4O5/c1-9-7-21(8-10(2)24-9)12-6-5-11(19-20-12)14(18)13-15(22)25-17(3,4)26-16(13)23/h5-6,9-10H,7-8,18H2,1-4H3. The van der Waals surface area contributed by atoms with E-state index in [4.69, 9.17) is 19.9 Å². The minimum atomic E-state index is -1.32. The van der Waals surface area contributed by atoms with Crippen LogP contribution < -0.4 is 10.6 Å². The van der Waals surface area contributed by atoms with Crippen LogP contribution in [0.3, 0.4) is 0 Å². The number of ether oxygens (including phenoxy) is 3. The Hall–Kier alpha value is -2.68. The van der Waals surface area contributed by atoms with Gasteiger partial charge in [-0.3, -0.25) is 0 Å². The van der Waals surface area contributed by atoms with Gasteiger partial charge in [-0.1, -0.05) is 0 Å². The minimum Gasteiger partial charge on any atom is -0.419 e. The Balaban J connectivity index is 1.84. The third-order valence-electron chi connectivity index (χ3n) is 4.02. The molecule has 2 atom stereocenters. The predicted molar refractivity (Wildman–Crippen MR) is 91.6 cm³/mol. The van der Waals surface area contributed by atoms with Crippen LogP contribution in [0.2, 0.25) is 0 Å². The molecule has 2 fully saturated rings. The van der Waals surface area contributed by atoms with Gasteiger partial charge in [0.05, 0.1) is 17.9 Å². The molecule has 2 N–H and O–H groups in total. The molecular formula is C17H22N4O5. The highest BCUT2D eigenvalue weighted by molar-refractivity contribution is 6.20. The van der Waals surface area contributed by atoms with Gasteiger partial charge in [-0.25, -0.2) is 9.59 Å². The van der Waals surface area contributed by atoms with Gasteiger partial charge in [0.1, 0.15) is 5.69 Å². The first-order valence-corrected chi connectivity index (χ1v) is 8.37. The van der Waals surface area contributed by atoms with Crippen LogP contribution in [0.1, 0.15) is 33.4 Å². The van der Waals surface area contributed by atoms with E-state index in [1.807, 2.05) is 13.8 Å². The number of morpholine rings is 1. The molecule has 0 aliphatic carbocycles. The maximum Gasteiger partial charge on any atom is 0.351 e. The van der Waals surface area contributed by atoms with Gasteiger partial charge in [0, 0.05) is 26.9 Å². The van der Waals surface area contributed by atoms with Crippen LogP contribution in [0.15, 0.2) is 17.7 Å². The van der Waals surface area contributed by atoms with Crippen molar-refractivity contribution in [3.8, 4) is 0 Å². The van der Waals surface area contributed by atoms with Crippen molar-refractivity contribution in [2.75, 3.05) is 18.0 Å². The fraction of sp³-hybridized carbons (Fsp3) is 0.529. The summed E-state index contributed by atoms with van der Waals surface area (Å²) < 4.78 is 15.8. The number of nitrogens with two attached hydrogens (primary N) is 1. The molecule has 2 saturated heterocycles. The smallest absolute Gasteiger partial charge is 0.351 e. The molecule has 0 radical (unpaired) electrons. The van der Waals surface area contributed by atoms with Crippen molar-refractivity contribution in [2.24, 2.45) is 5.73 Å². The fourth-order valence-corrected chi connectivity index (χ4v) is 3.00. The second-order valence-corrected chi connectivity index (χ2v) is 6.91. The largest absolute Gasteiger partial charge is 0.419 e. The summed E-state index contributed by atoms with van der Waals surface area (Å²) in [5.41, 5.74) is 5.65.